The molecule has 4 nitrogen and oxygen atoms in total. The zero-order valence-electron chi connectivity index (χ0n) is 14.3. The molecule has 0 spiro atoms. The largest absolute Gasteiger partial charge is 0.469 e. The molecule has 1 aliphatic rings. The summed E-state index contributed by atoms with van der Waals surface area (Å²) in [6.45, 7) is 4.93. The van der Waals surface area contributed by atoms with Gasteiger partial charge in [0.1, 0.15) is 6.29 Å². The van der Waals surface area contributed by atoms with Gasteiger partial charge in [-0.1, -0.05) is 38.1 Å². The van der Waals surface area contributed by atoms with Gasteiger partial charge >= 0.3 is 5.97 Å². The maximum Gasteiger partial charge on any atom is 0.305 e. The molecule has 0 saturated carbocycles. The first-order valence-corrected chi connectivity index (χ1v) is 8.23. The number of carbonyl (C=O) groups excluding carboxylic acids is 2. The predicted molar refractivity (Wildman–Crippen MR) is 88.3 cm³/mol. The Kier molecular flexibility index (Phi) is 5.58. The van der Waals surface area contributed by atoms with Gasteiger partial charge in [-0.15, -0.1) is 0 Å². The lowest BCUT2D eigenvalue weighted by molar-refractivity contribution is -0.148. The van der Waals surface area contributed by atoms with Crippen LogP contribution in [0.3, 0.4) is 0 Å². The molecule has 4 heteroatoms. The molecule has 2 unspecified atom stereocenters. The SMILES string of the molecule is CCC1(c2ccc(C=O)cc2)CCC(C)(CCC(=O)OC)CO1. The first-order valence-electron chi connectivity index (χ1n) is 8.23. The summed E-state index contributed by atoms with van der Waals surface area (Å²) in [4.78, 5) is 22.2. The fourth-order valence-electron chi connectivity index (χ4n) is 3.24. The highest BCUT2D eigenvalue weighted by molar-refractivity contribution is 5.74. The minimum absolute atomic E-state index is 0.00952. The quantitative estimate of drug-likeness (QED) is 0.590. The first-order chi connectivity index (χ1) is 11.0. The summed E-state index contributed by atoms with van der Waals surface area (Å²) in [6.07, 6.45) is 4.89. The number of methoxy groups -OCH3 is 1. The second kappa shape index (κ2) is 7.26. The van der Waals surface area contributed by atoms with Crippen LogP contribution in [0.2, 0.25) is 0 Å². The molecular weight excluding hydrogens is 292 g/mol. The summed E-state index contributed by atoms with van der Waals surface area (Å²) >= 11 is 0. The third-order valence-electron chi connectivity index (χ3n) is 5.13. The highest BCUT2D eigenvalue weighted by atomic mass is 16.5. The molecule has 1 aliphatic heterocycles. The number of aldehydes is 1. The van der Waals surface area contributed by atoms with E-state index in [1.807, 2.05) is 24.3 Å². The van der Waals surface area contributed by atoms with Crippen molar-refractivity contribution in [2.45, 2.75) is 51.6 Å². The van der Waals surface area contributed by atoms with Gasteiger partial charge in [-0.25, -0.2) is 0 Å². The van der Waals surface area contributed by atoms with Crippen molar-refractivity contribution in [2.75, 3.05) is 13.7 Å². The Morgan fingerprint density at radius 3 is 2.48 bits per heavy atom. The number of rotatable bonds is 6. The Hall–Kier alpha value is -1.68. The first kappa shape index (κ1) is 17.7. The van der Waals surface area contributed by atoms with E-state index in [4.69, 9.17) is 9.47 Å². The standard InChI is InChI=1S/C19H26O4/c1-4-19(16-7-5-15(13-20)6-8-16)12-11-18(2,14-23-19)10-9-17(21)22-3/h5-8,13H,4,9-12,14H2,1-3H3. The number of ether oxygens (including phenoxy) is 2. The highest BCUT2D eigenvalue weighted by Gasteiger charge is 2.41. The molecule has 2 atom stereocenters. The van der Waals surface area contributed by atoms with E-state index < -0.39 is 0 Å². The van der Waals surface area contributed by atoms with Gasteiger partial charge in [-0.3, -0.25) is 9.59 Å². The minimum Gasteiger partial charge on any atom is -0.469 e. The lowest BCUT2D eigenvalue weighted by atomic mass is 9.73. The van der Waals surface area contributed by atoms with Crippen LogP contribution in [-0.2, 0) is 19.9 Å². The second-order valence-electron chi connectivity index (χ2n) is 6.76. The Balaban J connectivity index is 2.06. The predicted octanol–water partition coefficient (Wildman–Crippen LogP) is 3.87. The summed E-state index contributed by atoms with van der Waals surface area (Å²) in [5, 5.41) is 0. The van der Waals surface area contributed by atoms with Crippen LogP contribution in [0.4, 0.5) is 0 Å². The van der Waals surface area contributed by atoms with E-state index in [2.05, 4.69) is 13.8 Å². The summed E-state index contributed by atoms with van der Waals surface area (Å²) < 4.78 is 11.0. The van der Waals surface area contributed by atoms with Crippen molar-refractivity contribution in [1.82, 2.24) is 0 Å². The van der Waals surface area contributed by atoms with E-state index in [0.29, 0.717) is 18.6 Å². The number of hydrogen-bond acceptors (Lipinski definition) is 4. The molecule has 1 fully saturated rings. The van der Waals surface area contributed by atoms with E-state index >= 15 is 0 Å². The van der Waals surface area contributed by atoms with E-state index in [0.717, 1.165) is 37.5 Å². The van der Waals surface area contributed by atoms with Gasteiger partial charge in [0.15, 0.2) is 0 Å². The summed E-state index contributed by atoms with van der Waals surface area (Å²) in [6, 6.07) is 7.66. The van der Waals surface area contributed by atoms with Crippen LogP contribution in [0.15, 0.2) is 24.3 Å². The number of benzene rings is 1. The smallest absolute Gasteiger partial charge is 0.305 e. The average Bonchev–Trinajstić information content (AvgIpc) is 2.61. The van der Waals surface area contributed by atoms with Crippen molar-refractivity contribution >= 4 is 12.3 Å². The third-order valence-corrected chi connectivity index (χ3v) is 5.13. The molecule has 1 saturated heterocycles. The molecule has 23 heavy (non-hydrogen) atoms. The molecule has 0 N–H and O–H groups in total. The highest BCUT2D eigenvalue weighted by Crippen LogP contribution is 2.45. The Morgan fingerprint density at radius 2 is 2.00 bits per heavy atom. The van der Waals surface area contributed by atoms with Crippen LogP contribution in [0.25, 0.3) is 0 Å². The summed E-state index contributed by atoms with van der Waals surface area (Å²) in [5.74, 6) is -0.164. The third kappa shape index (κ3) is 3.99. The van der Waals surface area contributed by atoms with Gasteiger partial charge in [-0.05, 0) is 36.7 Å². The lowest BCUT2D eigenvalue weighted by Crippen LogP contribution is -2.41. The molecule has 1 aromatic rings. The average molecular weight is 318 g/mol. The molecule has 1 heterocycles. The normalized spacial score (nSPS) is 27.4. The second-order valence-corrected chi connectivity index (χ2v) is 6.76. The molecule has 0 aromatic heterocycles. The van der Waals surface area contributed by atoms with Gasteiger partial charge < -0.3 is 9.47 Å². The maximum atomic E-state index is 11.4. The van der Waals surface area contributed by atoms with Gasteiger partial charge in [0.25, 0.3) is 0 Å². The number of carbonyl (C=O) groups is 2. The van der Waals surface area contributed by atoms with Gasteiger partial charge in [-0.2, -0.15) is 0 Å². The fraction of sp³-hybridized carbons (Fsp3) is 0.579. The van der Waals surface area contributed by atoms with E-state index in [1.165, 1.54) is 7.11 Å². The van der Waals surface area contributed by atoms with Crippen LogP contribution >= 0.6 is 0 Å². The van der Waals surface area contributed by atoms with Gasteiger partial charge in [0, 0.05) is 12.0 Å². The Bertz CT molecular complexity index is 539. The summed E-state index contributed by atoms with van der Waals surface area (Å²) in [7, 11) is 1.42. The van der Waals surface area contributed by atoms with Crippen LogP contribution < -0.4 is 0 Å². The molecular formula is C19H26O4. The monoisotopic (exact) mass is 318 g/mol. The summed E-state index contributed by atoms with van der Waals surface area (Å²) in [5.41, 5.74) is 1.53. The molecule has 0 bridgehead atoms. The molecule has 2 rings (SSSR count). The minimum atomic E-state index is -0.286. The molecule has 1 aromatic carbocycles. The van der Waals surface area contributed by atoms with Gasteiger partial charge in [0.05, 0.1) is 19.3 Å². The van der Waals surface area contributed by atoms with Crippen LogP contribution in [-0.4, -0.2) is 26.0 Å². The van der Waals surface area contributed by atoms with Crippen LogP contribution in [0, 0.1) is 5.41 Å². The van der Waals surface area contributed by atoms with Crippen molar-refractivity contribution in [3.05, 3.63) is 35.4 Å². The van der Waals surface area contributed by atoms with E-state index in [1.54, 1.807) is 0 Å². The van der Waals surface area contributed by atoms with Crippen molar-refractivity contribution in [3.63, 3.8) is 0 Å². The molecule has 126 valence electrons. The van der Waals surface area contributed by atoms with Crippen LogP contribution in [0.1, 0.15) is 61.9 Å². The number of esters is 1. The maximum absolute atomic E-state index is 11.4. The number of hydrogen-bond donors (Lipinski definition) is 0. The zero-order chi connectivity index (χ0) is 16.9. The van der Waals surface area contributed by atoms with Crippen LogP contribution in [0.5, 0.6) is 0 Å². The Morgan fingerprint density at radius 1 is 1.30 bits per heavy atom. The van der Waals surface area contributed by atoms with E-state index in [-0.39, 0.29) is 17.0 Å². The lowest BCUT2D eigenvalue weighted by Gasteiger charge is -2.45. The zero-order valence-corrected chi connectivity index (χ0v) is 14.3. The van der Waals surface area contributed by atoms with Gasteiger partial charge in [0.2, 0.25) is 0 Å². The van der Waals surface area contributed by atoms with Crippen molar-refractivity contribution in [3.8, 4) is 0 Å². The topological polar surface area (TPSA) is 52.6 Å². The molecule has 0 radical (unpaired) electrons. The Labute approximate surface area is 138 Å². The van der Waals surface area contributed by atoms with Crippen molar-refractivity contribution < 1.29 is 19.1 Å². The fourth-order valence-corrected chi connectivity index (χ4v) is 3.24. The molecule has 0 aliphatic carbocycles. The van der Waals surface area contributed by atoms with Crippen molar-refractivity contribution in [1.29, 1.82) is 0 Å². The molecule has 0 amide bonds. The van der Waals surface area contributed by atoms with E-state index in [9.17, 15) is 9.59 Å². The van der Waals surface area contributed by atoms with Crippen molar-refractivity contribution in [2.24, 2.45) is 5.41 Å².